The van der Waals surface area contributed by atoms with Gasteiger partial charge in [-0.05, 0) is 31.2 Å². The van der Waals surface area contributed by atoms with E-state index in [4.69, 9.17) is 16.3 Å². The number of nitrogens with zero attached hydrogens (tertiary/aromatic N) is 2. The van der Waals surface area contributed by atoms with Crippen molar-refractivity contribution in [1.29, 1.82) is 0 Å². The molecule has 1 aromatic carbocycles. The molecule has 0 bridgehead atoms. The summed E-state index contributed by atoms with van der Waals surface area (Å²) in [7, 11) is 1.81. The van der Waals surface area contributed by atoms with Crippen LogP contribution in [0.25, 0.3) is 0 Å². The van der Waals surface area contributed by atoms with Crippen molar-refractivity contribution in [2.75, 3.05) is 39.8 Å². The molecule has 1 fully saturated rings. The Kier molecular flexibility index (Phi) is 7.28. The van der Waals surface area contributed by atoms with Gasteiger partial charge in [0, 0.05) is 24.7 Å². The topological polar surface area (TPSA) is 53.0 Å². The number of hydrogen-bond donors (Lipinski definition) is 1. The van der Waals surface area contributed by atoms with Crippen molar-refractivity contribution in [3.05, 3.63) is 34.9 Å². The minimum Gasteiger partial charge on any atom is -0.382 e. The first kappa shape index (κ1) is 21.0. The molecule has 26 heavy (non-hydrogen) atoms. The molecule has 1 aliphatic heterocycles. The van der Waals surface area contributed by atoms with Crippen LogP contribution in [0.1, 0.15) is 5.56 Å². The van der Waals surface area contributed by atoms with Gasteiger partial charge in [0.2, 0.25) is 0 Å². The lowest BCUT2D eigenvalue weighted by Crippen LogP contribution is -2.53. The van der Waals surface area contributed by atoms with Gasteiger partial charge in [0.15, 0.2) is 6.10 Å². The van der Waals surface area contributed by atoms with Gasteiger partial charge in [0.1, 0.15) is 6.10 Å². The SMILES string of the molecule is CN1CCOC(C(=O)N(CCc2ccc(Cl)cc2)CC(O)C(F)(F)F)C1. The van der Waals surface area contributed by atoms with Crippen molar-refractivity contribution >= 4 is 17.5 Å². The van der Waals surface area contributed by atoms with Gasteiger partial charge in [-0.1, -0.05) is 23.7 Å². The lowest BCUT2D eigenvalue weighted by atomic mass is 10.1. The van der Waals surface area contributed by atoms with E-state index >= 15 is 0 Å². The lowest BCUT2D eigenvalue weighted by Gasteiger charge is -2.34. The largest absolute Gasteiger partial charge is 0.416 e. The third kappa shape index (κ3) is 6.12. The third-order valence-corrected chi connectivity index (χ3v) is 4.46. The quantitative estimate of drug-likeness (QED) is 0.801. The molecular weight excluding hydrogens is 373 g/mol. The third-order valence-electron chi connectivity index (χ3n) is 4.21. The monoisotopic (exact) mass is 394 g/mol. The molecule has 1 heterocycles. The van der Waals surface area contributed by atoms with Crippen molar-refractivity contribution in [3.8, 4) is 0 Å². The van der Waals surface area contributed by atoms with E-state index in [2.05, 4.69) is 0 Å². The zero-order chi connectivity index (χ0) is 19.3. The predicted molar refractivity (Wildman–Crippen MR) is 91.0 cm³/mol. The maximum absolute atomic E-state index is 12.7. The number of likely N-dealkylation sites (N-methyl/N-ethyl adjacent to an activating group) is 1. The number of alkyl halides is 3. The highest BCUT2D eigenvalue weighted by Crippen LogP contribution is 2.22. The first-order valence-electron chi connectivity index (χ1n) is 8.25. The van der Waals surface area contributed by atoms with Gasteiger partial charge in [-0.15, -0.1) is 0 Å². The summed E-state index contributed by atoms with van der Waals surface area (Å²) in [6, 6.07) is 6.84. The average molecular weight is 395 g/mol. The molecule has 0 aromatic heterocycles. The highest BCUT2D eigenvalue weighted by atomic mass is 35.5. The number of aliphatic hydroxyl groups excluding tert-OH is 1. The van der Waals surface area contributed by atoms with Crippen LogP contribution in [0.15, 0.2) is 24.3 Å². The van der Waals surface area contributed by atoms with E-state index in [1.165, 1.54) is 0 Å². The zero-order valence-corrected chi connectivity index (χ0v) is 15.1. The fourth-order valence-corrected chi connectivity index (χ4v) is 2.78. The molecule has 1 N–H and O–H groups in total. The summed E-state index contributed by atoms with van der Waals surface area (Å²) in [5.41, 5.74) is 0.829. The number of halogens is 4. The van der Waals surface area contributed by atoms with E-state index in [9.17, 15) is 23.1 Å². The number of morpholine rings is 1. The number of amides is 1. The Labute approximate surface area is 155 Å². The highest BCUT2D eigenvalue weighted by Gasteiger charge is 2.41. The molecule has 2 unspecified atom stereocenters. The second-order valence-electron chi connectivity index (χ2n) is 6.34. The van der Waals surface area contributed by atoms with Crippen molar-refractivity contribution in [2.45, 2.75) is 24.8 Å². The van der Waals surface area contributed by atoms with Crippen LogP contribution in [0.2, 0.25) is 5.02 Å². The van der Waals surface area contributed by atoms with E-state index < -0.39 is 30.8 Å². The molecule has 5 nitrogen and oxygen atoms in total. The van der Waals surface area contributed by atoms with Crippen LogP contribution in [0, 0.1) is 0 Å². The molecule has 0 aliphatic carbocycles. The van der Waals surface area contributed by atoms with Gasteiger partial charge in [0.25, 0.3) is 5.91 Å². The minimum absolute atomic E-state index is 0.0389. The predicted octanol–water partition coefficient (Wildman–Crippen LogP) is 1.96. The number of hydrogen-bond acceptors (Lipinski definition) is 4. The summed E-state index contributed by atoms with van der Waals surface area (Å²) in [6.07, 6.45) is -7.88. The molecule has 1 saturated heterocycles. The fourth-order valence-electron chi connectivity index (χ4n) is 2.65. The van der Waals surface area contributed by atoms with Gasteiger partial charge in [-0.2, -0.15) is 13.2 Å². The maximum Gasteiger partial charge on any atom is 0.416 e. The van der Waals surface area contributed by atoms with Crippen molar-refractivity contribution in [3.63, 3.8) is 0 Å². The Morgan fingerprint density at radius 3 is 2.65 bits per heavy atom. The first-order chi connectivity index (χ1) is 12.2. The number of ether oxygens (including phenoxy) is 1. The summed E-state index contributed by atoms with van der Waals surface area (Å²) < 4.78 is 43.6. The smallest absolute Gasteiger partial charge is 0.382 e. The first-order valence-corrected chi connectivity index (χ1v) is 8.63. The van der Waals surface area contributed by atoms with Gasteiger partial charge >= 0.3 is 6.18 Å². The fraction of sp³-hybridized carbons (Fsp3) is 0.588. The van der Waals surface area contributed by atoms with E-state index in [1.807, 2.05) is 11.9 Å². The van der Waals surface area contributed by atoms with E-state index in [0.29, 0.717) is 31.1 Å². The zero-order valence-electron chi connectivity index (χ0n) is 14.4. The molecular formula is C17H22ClF3N2O3. The standard InChI is InChI=1S/C17H22ClF3N2O3/c1-22-8-9-26-14(10-22)16(25)23(11-15(24)17(19,20)21)7-6-12-2-4-13(18)5-3-12/h2-5,14-15,24H,6-11H2,1H3. The molecule has 0 radical (unpaired) electrons. The van der Waals surface area contributed by atoms with Crippen molar-refractivity contribution in [1.82, 2.24) is 9.80 Å². The van der Waals surface area contributed by atoms with Crippen molar-refractivity contribution < 1.29 is 27.8 Å². The summed E-state index contributed by atoms with van der Waals surface area (Å²) in [5.74, 6) is -0.547. The number of carbonyl (C=O) groups is 1. The van der Waals surface area contributed by atoms with Crippen LogP contribution < -0.4 is 0 Å². The number of carbonyl (C=O) groups excluding carboxylic acids is 1. The van der Waals surface area contributed by atoms with Crippen LogP contribution in [-0.4, -0.2) is 79.0 Å². The molecule has 1 aromatic rings. The molecule has 9 heteroatoms. The maximum atomic E-state index is 12.7. The van der Waals surface area contributed by atoms with E-state index in [-0.39, 0.29) is 6.54 Å². The van der Waals surface area contributed by atoms with Gasteiger partial charge in [-0.3, -0.25) is 4.79 Å². The van der Waals surface area contributed by atoms with Crippen LogP contribution in [0.3, 0.4) is 0 Å². The van der Waals surface area contributed by atoms with Crippen molar-refractivity contribution in [2.24, 2.45) is 0 Å². The highest BCUT2D eigenvalue weighted by molar-refractivity contribution is 6.30. The summed E-state index contributed by atoms with van der Waals surface area (Å²) >= 11 is 5.82. The Bertz CT molecular complexity index is 598. The normalized spacial score (nSPS) is 20.0. The number of rotatable bonds is 6. The Hall–Kier alpha value is -1.35. The molecule has 1 aliphatic rings. The summed E-state index contributed by atoms with van der Waals surface area (Å²) in [4.78, 5) is 15.6. The lowest BCUT2D eigenvalue weighted by molar-refractivity contribution is -0.209. The number of aliphatic hydroxyl groups is 1. The summed E-state index contributed by atoms with van der Waals surface area (Å²) in [6.45, 7) is 0.508. The molecule has 146 valence electrons. The van der Waals surface area contributed by atoms with Crippen LogP contribution >= 0.6 is 11.6 Å². The number of benzene rings is 1. The van der Waals surface area contributed by atoms with Gasteiger partial charge < -0.3 is 19.6 Å². The molecule has 2 atom stereocenters. The minimum atomic E-state index is -4.79. The molecule has 0 spiro atoms. The average Bonchev–Trinajstić information content (AvgIpc) is 2.58. The molecule has 0 saturated carbocycles. The van der Waals surface area contributed by atoms with E-state index in [0.717, 1.165) is 10.5 Å². The second kappa shape index (κ2) is 9.03. The van der Waals surface area contributed by atoms with Crippen LogP contribution in [0.4, 0.5) is 13.2 Å². The molecule has 1 amide bonds. The molecule has 2 rings (SSSR count). The Morgan fingerprint density at radius 2 is 2.08 bits per heavy atom. The van der Waals surface area contributed by atoms with E-state index in [1.54, 1.807) is 24.3 Å². The van der Waals surface area contributed by atoms with Crippen LogP contribution in [-0.2, 0) is 16.0 Å². The second-order valence-corrected chi connectivity index (χ2v) is 6.78. The van der Waals surface area contributed by atoms with Crippen LogP contribution in [0.5, 0.6) is 0 Å². The Morgan fingerprint density at radius 1 is 1.42 bits per heavy atom. The van der Waals surface area contributed by atoms with Gasteiger partial charge in [0.05, 0.1) is 13.2 Å². The Balaban J connectivity index is 2.07. The summed E-state index contributed by atoms with van der Waals surface area (Å²) in [5, 5.41) is 9.95. The van der Waals surface area contributed by atoms with Gasteiger partial charge in [-0.25, -0.2) is 0 Å².